The average Bonchev–Trinajstić information content (AvgIpc) is 2.28. The van der Waals surface area contributed by atoms with Gasteiger partial charge in [0.05, 0.1) is 5.76 Å². The number of hydrogen-bond donors (Lipinski definition) is 3. The lowest BCUT2D eigenvalue weighted by Crippen LogP contribution is -2.37. The summed E-state index contributed by atoms with van der Waals surface area (Å²) in [5, 5.41) is 28.0. The van der Waals surface area contributed by atoms with Crippen LogP contribution in [0.2, 0.25) is 0 Å². The van der Waals surface area contributed by atoms with Gasteiger partial charge < -0.3 is 15.3 Å². The summed E-state index contributed by atoms with van der Waals surface area (Å²) in [5.41, 5.74) is -0.0248. The first-order chi connectivity index (χ1) is 8.99. The second-order valence-corrected chi connectivity index (χ2v) is 6.57. The molecule has 1 atom stereocenters. The molecule has 0 aliphatic heterocycles. The van der Waals surface area contributed by atoms with Gasteiger partial charge in [0, 0.05) is 5.41 Å². The number of hydrogen-bond acceptors (Lipinski definition) is 3. The van der Waals surface area contributed by atoms with E-state index in [9.17, 15) is 14.7 Å². The Morgan fingerprint density at radius 2 is 1.75 bits per heavy atom. The SMILES string of the molecule is CC(C)(C)C1(C)CC(CC(C(=O)O)C(=O)O)=CC=C1O. The van der Waals surface area contributed by atoms with Crippen molar-refractivity contribution in [2.45, 2.75) is 40.5 Å². The topological polar surface area (TPSA) is 94.8 Å². The second kappa shape index (κ2) is 5.31. The molecule has 0 aromatic heterocycles. The molecule has 0 amide bonds. The van der Waals surface area contributed by atoms with E-state index >= 15 is 0 Å². The van der Waals surface area contributed by atoms with Crippen molar-refractivity contribution in [3.8, 4) is 0 Å². The highest BCUT2D eigenvalue weighted by Gasteiger charge is 2.43. The van der Waals surface area contributed by atoms with Crippen LogP contribution >= 0.6 is 0 Å². The van der Waals surface area contributed by atoms with Crippen LogP contribution in [0.25, 0.3) is 0 Å². The van der Waals surface area contributed by atoms with E-state index in [0.29, 0.717) is 6.42 Å². The van der Waals surface area contributed by atoms with Gasteiger partial charge in [0.15, 0.2) is 5.92 Å². The van der Waals surface area contributed by atoms with Gasteiger partial charge in [-0.25, -0.2) is 0 Å². The highest BCUT2D eigenvalue weighted by Crippen LogP contribution is 2.50. The normalized spacial score (nSPS) is 23.2. The smallest absolute Gasteiger partial charge is 0.318 e. The van der Waals surface area contributed by atoms with E-state index in [4.69, 9.17) is 10.2 Å². The fraction of sp³-hybridized carbons (Fsp3) is 0.600. The number of carboxylic acids is 2. The zero-order valence-electron chi connectivity index (χ0n) is 12.3. The van der Waals surface area contributed by atoms with Crippen molar-refractivity contribution in [3.05, 3.63) is 23.5 Å². The van der Waals surface area contributed by atoms with E-state index in [0.717, 1.165) is 5.57 Å². The van der Waals surface area contributed by atoms with Gasteiger partial charge in [-0.3, -0.25) is 9.59 Å². The molecule has 0 bridgehead atoms. The van der Waals surface area contributed by atoms with E-state index < -0.39 is 23.3 Å². The molecule has 0 heterocycles. The molecule has 0 saturated heterocycles. The predicted molar refractivity (Wildman–Crippen MR) is 74.4 cm³/mol. The predicted octanol–water partition coefficient (Wildman–Crippen LogP) is 2.99. The van der Waals surface area contributed by atoms with Crippen molar-refractivity contribution in [1.82, 2.24) is 0 Å². The lowest BCUT2D eigenvalue weighted by Gasteiger charge is -2.43. The molecule has 5 nitrogen and oxygen atoms in total. The van der Waals surface area contributed by atoms with Gasteiger partial charge in [0.25, 0.3) is 0 Å². The number of aliphatic hydroxyl groups excluding tert-OH is 1. The van der Waals surface area contributed by atoms with Crippen LogP contribution in [0.5, 0.6) is 0 Å². The fourth-order valence-corrected chi connectivity index (χ4v) is 2.32. The molecule has 3 N–H and O–H groups in total. The van der Waals surface area contributed by atoms with Crippen molar-refractivity contribution in [3.63, 3.8) is 0 Å². The lowest BCUT2D eigenvalue weighted by molar-refractivity contribution is -0.154. The van der Waals surface area contributed by atoms with Crippen LogP contribution in [-0.2, 0) is 9.59 Å². The molecule has 0 aromatic rings. The minimum atomic E-state index is -1.45. The zero-order valence-corrected chi connectivity index (χ0v) is 12.3. The third-order valence-corrected chi connectivity index (χ3v) is 4.34. The molecule has 0 aromatic carbocycles. The summed E-state index contributed by atoms with van der Waals surface area (Å²) in [6, 6.07) is 0. The number of rotatable bonds is 4. The number of carbonyl (C=O) groups is 2. The zero-order chi connectivity index (χ0) is 15.7. The molecule has 112 valence electrons. The summed E-state index contributed by atoms with van der Waals surface area (Å²) in [5.74, 6) is -3.88. The Balaban J connectivity index is 3.01. The van der Waals surface area contributed by atoms with Gasteiger partial charge in [-0.15, -0.1) is 0 Å². The van der Waals surface area contributed by atoms with Gasteiger partial charge in [-0.05, 0) is 24.3 Å². The Morgan fingerprint density at radius 3 is 2.15 bits per heavy atom. The summed E-state index contributed by atoms with van der Waals surface area (Å²) in [7, 11) is 0. The standard InChI is InChI=1S/C15H22O5/c1-14(2,3)15(4)8-9(5-6-11(15)16)7-10(12(17)18)13(19)20/h5-6,10,16H,7-8H2,1-4H3,(H,17,18)(H,19,20). The molecule has 1 rings (SSSR count). The minimum absolute atomic E-state index is 0.0416. The van der Waals surface area contributed by atoms with Gasteiger partial charge in [0.2, 0.25) is 0 Å². The van der Waals surface area contributed by atoms with Crippen molar-refractivity contribution < 1.29 is 24.9 Å². The van der Waals surface area contributed by atoms with E-state index in [-0.39, 0.29) is 17.6 Å². The molecule has 20 heavy (non-hydrogen) atoms. The van der Waals surface area contributed by atoms with Crippen molar-refractivity contribution >= 4 is 11.9 Å². The van der Waals surface area contributed by atoms with Gasteiger partial charge in [0.1, 0.15) is 0 Å². The highest BCUT2D eigenvalue weighted by atomic mass is 16.4. The highest BCUT2D eigenvalue weighted by molar-refractivity contribution is 5.93. The Kier molecular flexibility index (Phi) is 4.32. The number of aliphatic hydroxyl groups is 1. The van der Waals surface area contributed by atoms with Crippen LogP contribution in [0.4, 0.5) is 0 Å². The Hall–Kier alpha value is -1.78. The fourth-order valence-electron chi connectivity index (χ4n) is 2.32. The maximum atomic E-state index is 11.0. The summed E-state index contributed by atoms with van der Waals surface area (Å²) in [4.78, 5) is 21.9. The van der Waals surface area contributed by atoms with E-state index in [1.807, 2.05) is 27.7 Å². The summed E-state index contributed by atoms with van der Waals surface area (Å²) in [6.07, 6.45) is 3.59. The molecule has 0 radical (unpaired) electrons. The molecule has 0 saturated carbocycles. The molecule has 0 fully saturated rings. The van der Waals surface area contributed by atoms with Crippen LogP contribution < -0.4 is 0 Å². The van der Waals surface area contributed by atoms with E-state index in [1.165, 1.54) is 0 Å². The molecule has 1 unspecified atom stereocenters. The first-order valence-corrected chi connectivity index (χ1v) is 6.54. The maximum absolute atomic E-state index is 11.0. The Bertz CT molecular complexity index is 467. The Morgan fingerprint density at radius 1 is 1.25 bits per heavy atom. The largest absolute Gasteiger partial charge is 0.512 e. The number of aliphatic carboxylic acids is 2. The van der Waals surface area contributed by atoms with E-state index in [2.05, 4.69) is 0 Å². The second-order valence-electron chi connectivity index (χ2n) is 6.57. The third kappa shape index (κ3) is 3.03. The summed E-state index contributed by atoms with van der Waals surface area (Å²) >= 11 is 0. The molecule has 1 aliphatic rings. The minimum Gasteiger partial charge on any atom is -0.512 e. The van der Waals surface area contributed by atoms with Gasteiger partial charge >= 0.3 is 11.9 Å². The maximum Gasteiger partial charge on any atom is 0.318 e. The first-order valence-electron chi connectivity index (χ1n) is 6.54. The lowest BCUT2D eigenvalue weighted by atomic mass is 9.61. The average molecular weight is 282 g/mol. The van der Waals surface area contributed by atoms with Crippen LogP contribution in [-0.4, -0.2) is 27.3 Å². The van der Waals surface area contributed by atoms with E-state index in [1.54, 1.807) is 12.2 Å². The van der Waals surface area contributed by atoms with Crippen LogP contribution in [0.15, 0.2) is 23.5 Å². The molecule has 1 aliphatic carbocycles. The number of carboxylic acid groups (broad SMARTS) is 2. The molecular formula is C15H22O5. The van der Waals surface area contributed by atoms with Crippen LogP contribution in [0, 0.1) is 16.7 Å². The quantitative estimate of drug-likeness (QED) is 0.689. The Labute approximate surface area is 118 Å². The third-order valence-electron chi connectivity index (χ3n) is 4.34. The molecule has 5 heteroatoms. The summed E-state index contributed by atoms with van der Waals surface area (Å²) < 4.78 is 0. The molecule has 0 spiro atoms. The monoisotopic (exact) mass is 282 g/mol. The van der Waals surface area contributed by atoms with Crippen molar-refractivity contribution in [1.29, 1.82) is 0 Å². The van der Waals surface area contributed by atoms with Crippen molar-refractivity contribution in [2.75, 3.05) is 0 Å². The van der Waals surface area contributed by atoms with Gasteiger partial charge in [-0.2, -0.15) is 0 Å². The number of allylic oxidation sites excluding steroid dienone is 4. The summed E-state index contributed by atoms with van der Waals surface area (Å²) in [6.45, 7) is 7.88. The van der Waals surface area contributed by atoms with Crippen molar-refractivity contribution in [2.24, 2.45) is 16.7 Å². The van der Waals surface area contributed by atoms with Crippen LogP contribution in [0.3, 0.4) is 0 Å². The molecular weight excluding hydrogens is 260 g/mol. The van der Waals surface area contributed by atoms with Crippen LogP contribution in [0.1, 0.15) is 40.5 Å². The van der Waals surface area contributed by atoms with Gasteiger partial charge in [-0.1, -0.05) is 39.3 Å². The first kappa shape index (κ1) is 16.3.